The number of anilines is 1. The largest absolute Gasteiger partial charge is 0.444 e. The second-order valence-corrected chi connectivity index (χ2v) is 9.14. The summed E-state index contributed by atoms with van der Waals surface area (Å²) in [4.78, 5) is 13.0. The van der Waals surface area contributed by atoms with E-state index in [-0.39, 0.29) is 0 Å². The summed E-state index contributed by atoms with van der Waals surface area (Å²) >= 11 is 8.61. The molecule has 2 rings (SSSR count). The molecule has 0 spiro atoms. The summed E-state index contributed by atoms with van der Waals surface area (Å²) in [6.07, 6.45) is 1.18. The van der Waals surface area contributed by atoms with Crippen LogP contribution >= 0.6 is 43.2 Å². The number of amides is 1. The van der Waals surface area contributed by atoms with Crippen LogP contribution in [0.15, 0.2) is 20.5 Å². The van der Waals surface area contributed by atoms with Crippen molar-refractivity contribution in [1.82, 2.24) is 15.5 Å². The molecule has 0 atom stereocenters. The van der Waals surface area contributed by atoms with Gasteiger partial charge < -0.3 is 10.1 Å². The number of nitrogens with one attached hydrogen (secondary N) is 3. The van der Waals surface area contributed by atoms with Crippen molar-refractivity contribution in [2.75, 3.05) is 5.32 Å². The zero-order valence-electron chi connectivity index (χ0n) is 13.0. The molecule has 1 amide bonds. The van der Waals surface area contributed by atoms with Crippen molar-refractivity contribution in [3.8, 4) is 0 Å². The topological polar surface area (TPSA) is 79.0 Å². The summed E-state index contributed by atoms with van der Waals surface area (Å²) in [5, 5.41) is 12.7. The van der Waals surface area contributed by atoms with E-state index in [1.807, 2.05) is 20.8 Å². The van der Waals surface area contributed by atoms with Gasteiger partial charge in [-0.25, -0.2) is 4.79 Å². The summed E-state index contributed by atoms with van der Waals surface area (Å²) in [6, 6.07) is 2.07. The summed E-state index contributed by atoms with van der Waals surface area (Å²) < 4.78 is 7.35. The molecule has 0 aliphatic carbocycles. The van der Waals surface area contributed by atoms with Crippen LogP contribution in [0.2, 0.25) is 0 Å². The molecule has 2 heterocycles. The summed E-state index contributed by atoms with van der Waals surface area (Å²) in [5.41, 5.74) is 0.327. The van der Waals surface area contributed by atoms with Crippen LogP contribution in [0, 0.1) is 0 Å². The number of rotatable bonds is 5. The van der Waals surface area contributed by atoms with Crippen LogP contribution < -0.4 is 10.6 Å². The van der Waals surface area contributed by atoms with Gasteiger partial charge in [0.05, 0.1) is 9.98 Å². The molecule has 0 bridgehead atoms. The van der Waals surface area contributed by atoms with Crippen molar-refractivity contribution in [3.63, 3.8) is 0 Å². The lowest BCUT2D eigenvalue weighted by Gasteiger charge is -2.19. The first kappa shape index (κ1) is 18.4. The maximum absolute atomic E-state index is 11.8. The van der Waals surface area contributed by atoms with E-state index in [0.717, 1.165) is 20.4 Å². The van der Waals surface area contributed by atoms with Gasteiger partial charge in [-0.3, -0.25) is 10.4 Å². The maximum atomic E-state index is 11.8. The van der Waals surface area contributed by atoms with E-state index in [4.69, 9.17) is 4.74 Å². The summed E-state index contributed by atoms with van der Waals surface area (Å²) in [5.74, 6) is 0.542. The minimum absolute atomic E-state index is 0.505. The Kier molecular flexibility index (Phi) is 6.24. The predicted octanol–water partition coefficient (Wildman–Crippen LogP) is 4.63. The highest BCUT2D eigenvalue weighted by atomic mass is 79.9. The van der Waals surface area contributed by atoms with Gasteiger partial charge in [-0.2, -0.15) is 5.10 Å². The molecule has 2 aromatic heterocycles. The van der Waals surface area contributed by atoms with Crippen LogP contribution in [0.4, 0.5) is 10.6 Å². The highest BCUT2D eigenvalue weighted by Crippen LogP contribution is 2.32. The second-order valence-electron chi connectivity index (χ2n) is 5.84. The molecule has 0 aliphatic rings. The Morgan fingerprint density at radius 3 is 2.74 bits per heavy atom. The number of carbonyl (C=O) groups is 1. The highest BCUT2D eigenvalue weighted by Gasteiger charge is 2.17. The average molecular weight is 466 g/mol. The lowest BCUT2D eigenvalue weighted by molar-refractivity contribution is 0.0635. The number of aromatic nitrogens is 2. The molecule has 0 saturated heterocycles. The van der Waals surface area contributed by atoms with Crippen molar-refractivity contribution in [3.05, 3.63) is 31.0 Å². The first-order valence-electron chi connectivity index (χ1n) is 6.91. The lowest BCUT2D eigenvalue weighted by atomic mass is 10.2. The van der Waals surface area contributed by atoms with Gasteiger partial charge in [0.1, 0.15) is 11.4 Å². The molecule has 0 fully saturated rings. The average Bonchev–Trinajstić information content (AvgIpc) is 2.95. The quantitative estimate of drug-likeness (QED) is 0.601. The number of hydrogen-bond donors (Lipinski definition) is 3. The smallest absolute Gasteiger partial charge is 0.413 e. The minimum Gasteiger partial charge on any atom is -0.444 e. The Morgan fingerprint density at radius 2 is 2.13 bits per heavy atom. The van der Waals surface area contributed by atoms with E-state index in [9.17, 15) is 4.79 Å². The molecule has 0 saturated carbocycles. The van der Waals surface area contributed by atoms with Crippen LogP contribution in [0.1, 0.15) is 31.2 Å². The lowest BCUT2D eigenvalue weighted by Crippen LogP contribution is -2.27. The first-order chi connectivity index (χ1) is 10.7. The van der Waals surface area contributed by atoms with Gasteiger partial charge in [0, 0.05) is 28.0 Å². The fraction of sp³-hybridized carbons (Fsp3) is 0.429. The molecule has 9 heteroatoms. The first-order valence-corrected chi connectivity index (χ1v) is 9.31. The highest BCUT2D eigenvalue weighted by molar-refractivity contribution is 9.13. The van der Waals surface area contributed by atoms with E-state index < -0.39 is 11.7 Å². The summed E-state index contributed by atoms with van der Waals surface area (Å²) in [6.45, 7) is 6.76. The van der Waals surface area contributed by atoms with Gasteiger partial charge in [-0.1, -0.05) is 0 Å². The van der Waals surface area contributed by atoms with Crippen molar-refractivity contribution >= 4 is 55.1 Å². The molecule has 6 nitrogen and oxygen atoms in total. The number of ether oxygens (including phenoxy) is 1. The van der Waals surface area contributed by atoms with Gasteiger partial charge >= 0.3 is 6.09 Å². The zero-order chi connectivity index (χ0) is 17.0. The number of thiophene rings is 1. The van der Waals surface area contributed by atoms with Crippen LogP contribution in [0.5, 0.6) is 0 Å². The van der Waals surface area contributed by atoms with E-state index in [1.165, 1.54) is 4.88 Å². The van der Waals surface area contributed by atoms with E-state index in [2.05, 4.69) is 58.8 Å². The van der Waals surface area contributed by atoms with E-state index in [0.29, 0.717) is 12.4 Å². The predicted molar refractivity (Wildman–Crippen MR) is 98.7 cm³/mol. The van der Waals surface area contributed by atoms with Crippen molar-refractivity contribution in [2.24, 2.45) is 0 Å². The van der Waals surface area contributed by atoms with Crippen molar-refractivity contribution in [1.29, 1.82) is 0 Å². The van der Waals surface area contributed by atoms with Crippen molar-refractivity contribution in [2.45, 2.75) is 39.5 Å². The zero-order valence-corrected chi connectivity index (χ0v) is 17.0. The molecular weight excluding hydrogens is 448 g/mol. The number of hydrogen-bond acceptors (Lipinski definition) is 5. The molecule has 23 heavy (non-hydrogen) atoms. The fourth-order valence-corrected chi connectivity index (χ4v) is 3.90. The number of H-pyrrole nitrogens is 1. The number of halogens is 2. The Balaban J connectivity index is 1.87. The van der Waals surface area contributed by atoms with Crippen LogP contribution in [-0.2, 0) is 17.8 Å². The van der Waals surface area contributed by atoms with Gasteiger partial charge in [-0.15, -0.1) is 11.3 Å². The van der Waals surface area contributed by atoms with Gasteiger partial charge in [0.2, 0.25) is 0 Å². The monoisotopic (exact) mass is 464 g/mol. The van der Waals surface area contributed by atoms with Crippen LogP contribution in [-0.4, -0.2) is 21.9 Å². The Hall–Kier alpha value is -0.900. The van der Waals surface area contributed by atoms with E-state index in [1.54, 1.807) is 17.5 Å². The van der Waals surface area contributed by atoms with Gasteiger partial charge in [-0.05, 0) is 58.7 Å². The third-order valence-electron chi connectivity index (χ3n) is 2.65. The number of carbonyl (C=O) groups excluding carboxylic acids is 1. The Morgan fingerprint density at radius 1 is 1.39 bits per heavy atom. The fourth-order valence-electron chi connectivity index (χ4n) is 1.76. The molecule has 0 aromatic carbocycles. The van der Waals surface area contributed by atoms with Crippen LogP contribution in [0.25, 0.3) is 0 Å². The molecule has 0 radical (unpaired) electrons. The second kappa shape index (κ2) is 7.78. The van der Waals surface area contributed by atoms with Gasteiger partial charge in [0.25, 0.3) is 0 Å². The SMILES string of the molecule is CC(C)(C)OC(=O)Nc1[nH]ncc1CNCc1cc(Br)c(Br)s1. The molecule has 126 valence electrons. The van der Waals surface area contributed by atoms with Crippen LogP contribution in [0.3, 0.4) is 0 Å². The molecule has 3 N–H and O–H groups in total. The molecule has 0 unspecified atom stereocenters. The summed E-state index contributed by atoms with van der Waals surface area (Å²) in [7, 11) is 0. The number of aromatic amines is 1. The third kappa shape index (κ3) is 5.91. The van der Waals surface area contributed by atoms with Gasteiger partial charge in [0.15, 0.2) is 0 Å². The molecule has 2 aromatic rings. The molecule has 0 aliphatic heterocycles. The Bertz CT molecular complexity index is 659. The minimum atomic E-state index is -0.539. The molecular formula is C14H18Br2N4O2S. The Labute approximate surface area is 155 Å². The van der Waals surface area contributed by atoms with Crippen molar-refractivity contribution < 1.29 is 9.53 Å². The number of nitrogens with zero attached hydrogens (tertiary/aromatic N) is 1. The standard InChI is InChI=1S/C14H18Br2N4O2S/c1-14(2,3)22-13(21)19-12-8(6-18-20-12)5-17-7-9-4-10(15)11(16)23-9/h4,6,17H,5,7H2,1-3H3,(H2,18,19,20,21). The third-order valence-corrected chi connectivity index (χ3v) is 5.91. The van der Waals surface area contributed by atoms with E-state index >= 15 is 0 Å². The maximum Gasteiger partial charge on any atom is 0.413 e. The normalized spacial score (nSPS) is 11.5.